The number of halogens is 20. The molecule has 3 nitrogen and oxygen atoms in total. The Hall–Kier alpha value is -6.62. The molecule has 0 N–H and O–H groups in total. The summed E-state index contributed by atoms with van der Waals surface area (Å²) in [4.78, 5) is 12.0. The number of hydrogen-bond donors (Lipinski definition) is 0. The van der Waals surface area contributed by atoms with Crippen molar-refractivity contribution in [1.29, 1.82) is 0 Å². The predicted molar refractivity (Wildman–Crippen MR) is 189 cm³/mol. The van der Waals surface area contributed by atoms with Gasteiger partial charge in [-0.15, -0.1) is 21.9 Å². The number of pyridine rings is 1. The summed E-state index contributed by atoms with van der Waals surface area (Å²) in [5, 5.41) is 0. The van der Waals surface area contributed by atoms with Gasteiger partial charge in [-0.05, 0) is 25.7 Å². The van der Waals surface area contributed by atoms with Gasteiger partial charge in [-0.3, -0.25) is 0 Å². The Morgan fingerprint density at radius 2 is 0.697 bits per heavy atom. The molecule has 0 saturated heterocycles. The lowest BCUT2D eigenvalue weighted by molar-refractivity contribution is -0.688. The number of nitrogens with zero attached hydrogens (tertiary/aromatic N) is 1. The van der Waals surface area contributed by atoms with E-state index in [4.69, 9.17) is 4.74 Å². The molecule has 0 radical (unpaired) electrons. The van der Waals surface area contributed by atoms with Gasteiger partial charge < -0.3 is 4.74 Å². The van der Waals surface area contributed by atoms with E-state index >= 15 is 35.1 Å². The van der Waals surface area contributed by atoms with Gasteiger partial charge in [0.15, 0.2) is 88.7 Å². The van der Waals surface area contributed by atoms with Crippen LogP contribution in [0.4, 0.5) is 87.8 Å². The zero-order chi connectivity index (χ0) is 48.8. The van der Waals surface area contributed by atoms with Crippen LogP contribution in [0.15, 0.2) is 54.9 Å². The van der Waals surface area contributed by atoms with Crippen LogP contribution < -0.4 is 26.4 Å². The summed E-state index contributed by atoms with van der Waals surface area (Å²) in [5.41, 5.74) is -12.5. The molecule has 1 fully saturated rings. The summed E-state index contributed by atoms with van der Waals surface area (Å²) in [6.07, 6.45) is 1.11. The quantitative estimate of drug-likeness (QED) is 0.0381. The Kier molecular flexibility index (Phi) is 13.8. The summed E-state index contributed by atoms with van der Waals surface area (Å²) < 4.78 is 302. The molecule has 1 saturated carbocycles. The Balaban J connectivity index is 0.000000284. The molecule has 348 valence electrons. The second-order valence-corrected chi connectivity index (χ2v) is 14.4. The van der Waals surface area contributed by atoms with E-state index in [1.54, 1.807) is 0 Å². The first-order valence-electron chi connectivity index (χ1n) is 18.5. The van der Waals surface area contributed by atoms with E-state index in [0.717, 1.165) is 19.4 Å². The maximum Gasteiger partial charge on any atom is 0.338 e. The maximum absolute atomic E-state index is 15.4. The monoisotopic (exact) mass is 961 g/mol. The normalized spacial score (nSPS) is 13.0. The first-order valence-corrected chi connectivity index (χ1v) is 18.5. The van der Waals surface area contributed by atoms with E-state index in [0.29, 0.717) is 5.56 Å². The van der Waals surface area contributed by atoms with E-state index in [-0.39, 0.29) is 12.1 Å². The average Bonchev–Trinajstić information content (AvgIpc) is 3.82. The topological polar surface area (TPSA) is 30.2 Å². The number of rotatable bonds is 8. The number of esters is 1. The number of carbonyl (C=O) groups is 1. The third kappa shape index (κ3) is 8.07. The van der Waals surface area contributed by atoms with E-state index in [1.807, 2.05) is 42.7 Å². The lowest BCUT2D eigenvalue weighted by atomic mass is 9.12. The van der Waals surface area contributed by atoms with E-state index in [1.165, 1.54) is 18.4 Å². The van der Waals surface area contributed by atoms with Crippen molar-refractivity contribution in [2.45, 2.75) is 38.3 Å². The molecule has 66 heavy (non-hydrogen) atoms. The number of ether oxygens (including phenoxy) is 1. The minimum Gasteiger partial charge on any atom is -0.459 e. The van der Waals surface area contributed by atoms with Crippen molar-refractivity contribution in [3.05, 3.63) is 182 Å². The molecular formula is C42H20BF20NO2. The molecule has 6 aromatic rings. The fourth-order valence-corrected chi connectivity index (χ4v) is 7.59. The number of aromatic nitrogens is 1. The van der Waals surface area contributed by atoms with Crippen molar-refractivity contribution < 1.29 is 102 Å². The summed E-state index contributed by atoms with van der Waals surface area (Å²) in [7, 11) is 0. The van der Waals surface area contributed by atoms with Gasteiger partial charge in [-0.2, -0.15) is 0 Å². The Labute approximate surface area is 356 Å². The number of carbonyl (C=O) groups excluding carboxylic acids is 1. The van der Waals surface area contributed by atoms with Gasteiger partial charge in [0, 0.05) is 17.7 Å². The molecule has 0 bridgehead atoms. The van der Waals surface area contributed by atoms with Crippen molar-refractivity contribution in [3.8, 4) is 0 Å². The molecule has 7 rings (SSSR count). The molecule has 1 aliphatic rings. The van der Waals surface area contributed by atoms with Crippen molar-refractivity contribution in [2.24, 2.45) is 0 Å². The smallest absolute Gasteiger partial charge is 0.338 e. The van der Waals surface area contributed by atoms with Crippen molar-refractivity contribution >= 4 is 34.0 Å². The molecule has 1 heterocycles. The summed E-state index contributed by atoms with van der Waals surface area (Å²) in [6.45, 7) is 0.804. The summed E-state index contributed by atoms with van der Waals surface area (Å²) in [6, 6.07) is 13.9. The highest BCUT2D eigenvalue weighted by Crippen LogP contribution is 2.31. The van der Waals surface area contributed by atoms with Crippen molar-refractivity contribution in [3.63, 3.8) is 0 Å². The van der Waals surface area contributed by atoms with Crippen molar-refractivity contribution in [2.75, 3.05) is 0 Å². The highest BCUT2D eigenvalue weighted by molar-refractivity contribution is 7.20. The van der Waals surface area contributed by atoms with Gasteiger partial charge in [0.25, 0.3) is 0 Å². The van der Waals surface area contributed by atoms with Crippen LogP contribution in [0, 0.1) is 116 Å². The van der Waals surface area contributed by atoms with Crippen LogP contribution in [-0.4, -0.2) is 18.2 Å². The van der Waals surface area contributed by atoms with E-state index in [2.05, 4.69) is 16.7 Å². The molecule has 0 atom stereocenters. The molecule has 0 unspecified atom stereocenters. The molecule has 0 aliphatic heterocycles. The maximum atomic E-state index is 15.4. The predicted octanol–water partition coefficient (Wildman–Crippen LogP) is 8.97. The summed E-state index contributed by atoms with van der Waals surface area (Å²) >= 11 is 0. The molecule has 24 heteroatoms. The standard InChI is InChI=1S/C24BF20.C18H20NO2/c26-5-1(6(27)14(35)21(42)13(5)34)25(2-7(28)15(36)22(43)16(37)8(2)29,3-9(30)17(38)23(44)18(39)10(3)31)4-11(32)19(40)24(45)20(41)12(4)33;20-18(21-17-8-4-5-9-17)16-10-12-19(13-11-16)14-15-6-2-1-3-7-15/h;1-3,6-7,10-13,17H,4-5,8-9,14H2/q-1;+1. The Morgan fingerprint density at radius 3 is 0.985 bits per heavy atom. The van der Waals surface area contributed by atoms with E-state index in [9.17, 15) is 57.5 Å². The van der Waals surface area contributed by atoms with Gasteiger partial charge in [-0.1, -0.05) is 30.3 Å². The molecule has 1 aromatic heterocycles. The lowest BCUT2D eigenvalue weighted by Gasteiger charge is -2.44. The largest absolute Gasteiger partial charge is 0.459 e. The Bertz CT molecular complexity index is 2510. The zero-order valence-electron chi connectivity index (χ0n) is 32.2. The van der Waals surface area contributed by atoms with Gasteiger partial charge in [-0.25, -0.2) is 97.2 Å². The van der Waals surface area contributed by atoms with Crippen LogP contribution in [0.1, 0.15) is 41.6 Å². The van der Waals surface area contributed by atoms with Gasteiger partial charge in [0.2, 0.25) is 0 Å². The van der Waals surface area contributed by atoms with Gasteiger partial charge in [0.05, 0.1) is 5.56 Å². The average molecular weight is 961 g/mol. The van der Waals surface area contributed by atoms with Gasteiger partial charge >= 0.3 is 5.97 Å². The minimum atomic E-state index is -7.22. The van der Waals surface area contributed by atoms with Crippen LogP contribution >= 0.6 is 0 Å². The number of benzene rings is 5. The first-order chi connectivity index (χ1) is 31.0. The number of hydrogen-bond acceptors (Lipinski definition) is 2. The molecule has 5 aromatic carbocycles. The van der Waals surface area contributed by atoms with Crippen LogP contribution in [-0.2, 0) is 11.3 Å². The highest BCUT2D eigenvalue weighted by atomic mass is 19.2. The minimum absolute atomic E-state index is 0.120. The lowest BCUT2D eigenvalue weighted by Crippen LogP contribution is -2.81. The third-order valence-corrected chi connectivity index (χ3v) is 10.6. The zero-order valence-corrected chi connectivity index (χ0v) is 32.2. The fourth-order valence-electron chi connectivity index (χ4n) is 7.59. The summed E-state index contributed by atoms with van der Waals surface area (Å²) in [5.74, 6) is -71.6. The second kappa shape index (κ2) is 18.7. The Morgan fingerprint density at radius 1 is 0.424 bits per heavy atom. The van der Waals surface area contributed by atoms with Crippen LogP contribution in [0.5, 0.6) is 0 Å². The third-order valence-electron chi connectivity index (χ3n) is 10.6. The molecule has 0 spiro atoms. The fraction of sp³-hybridized carbons (Fsp3) is 0.143. The van der Waals surface area contributed by atoms with Gasteiger partial charge in [0.1, 0.15) is 58.8 Å². The van der Waals surface area contributed by atoms with Crippen LogP contribution in [0.2, 0.25) is 0 Å². The van der Waals surface area contributed by atoms with Crippen LogP contribution in [0.25, 0.3) is 0 Å². The van der Waals surface area contributed by atoms with Crippen LogP contribution in [0.3, 0.4) is 0 Å². The molecule has 0 amide bonds. The second-order valence-electron chi connectivity index (χ2n) is 14.4. The molecular weight excluding hydrogens is 941 g/mol. The SMILES string of the molecule is Fc1c(F)c(F)c([B-](c2c(F)c(F)c(F)c(F)c2F)(c2c(F)c(F)c(F)c(F)c2F)c2c(F)c(F)c(F)c(F)c2F)c(F)c1F.O=C(OC1CCCC1)c1cc[n+](Cc2ccccc2)cc1. The highest BCUT2D eigenvalue weighted by Gasteiger charge is 2.52. The van der Waals surface area contributed by atoms with Crippen molar-refractivity contribution in [1.82, 2.24) is 0 Å². The van der Waals surface area contributed by atoms with E-state index < -0.39 is 144 Å². The first kappa shape index (κ1) is 48.8. The molecule has 1 aliphatic carbocycles.